The van der Waals surface area contributed by atoms with Gasteiger partial charge in [0.1, 0.15) is 0 Å². The first kappa shape index (κ1) is 19.9. The lowest BCUT2D eigenvalue weighted by atomic mass is 10.1. The van der Waals surface area contributed by atoms with E-state index in [1.807, 2.05) is 79.9 Å². The van der Waals surface area contributed by atoms with E-state index < -0.39 is 0 Å². The quantitative estimate of drug-likeness (QED) is 0.480. The predicted molar refractivity (Wildman–Crippen MR) is 119 cm³/mol. The summed E-state index contributed by atoms with van der Waals surface area (Å²) in [5.74, 6) is -0.0675. The molecule has 5 nitrogen and oxygen atoms in total. The maximum Gasteiger partial charge on any atom is 0.225 e. The molecule has 0 aliphatic carbocycles. The van der Waals surface area contributed by atoms with Crippen LogP contribution < -0.4 is 5.32 Å². The van der Waals surface area contributed by atoms with Crippen LogP contribution in [0.4, 0.5) is 0 Å². The number of nitrogens with one attached hydrogen (secondary N) is 1. The number of amides is 1. The van der Waals surface area contributed by atoms with Gasteiger partial charge in [0.15, 0.2) is 0 Å². The fraction of sp³-hybridized carbons (Fsp3) is 0.125. The number of nitrogens with zero attached hydrogens (tertiary/aromatic N) is 3. The van der Waals surface area contributed by atoms with Gasteiger partial charge >= 0.3 is 0 Å². The van der Waals surface area contributed by atoms with Crippen molar-refractivity contribution in [3.63, 3.8) is 0 Å². The summed E-state index contributed by atoms with van der Waals surface area (Å²) < 4.78 is 1.80. The molecule has 1 N–H and O–H groups in total. The standard InChI is InChI=1S/C24H21ClN4O/c1-17(18-11-13-26-14-12-18)27-23(30)15-20-16-29(22-5-3-2-4-6-22)28-24(20)19-7-9-21(25)10-8-19/h2-14,16-17H,15H2,1H3,(H,27,30). The second kappa shape index (κ2) is 8.93. The Labute approximate surface area is 180 Å². The summed E-state index contributed by atoms with van der Waals surface area (Å²) in [5, 5.41) is 8.47. The Morgan fingerprint density at radius 1 is 1.03 bits per heavy atom. The maximum atomic E-state index is 12.8. The van der Waals surface area contributed by atoms with Gasteiger partial charge in [-0.05, 0) is 48.9 Å². The fourth-order valence-corrected chi connectivity index (χ4v) is 3.43. The molecule has 0 radical (unpaired) electrons. The Morgan fingerprint density at radius 2 is 1.73 bits per heavy atom. The average Bonchev–Trinajstić information content (AvgIpc) is 3.19. The van der Waals surface area contributed by atoms with Gasteiger partial charge in [-0.2, -0.15) is 5.10 Å². The maximum absolute atomic E-state index is 12.8. The zero-order valence-electron chi connectivity index (χ0n) is 16.5. The zero-order valence-corrected chi connectivity index (χ0v) is 17.3. The van der Waals surface area contributed by atoms with E-state index in [-0.39, 0.29) is 18.4 Å². The molecule has 4 aromatic rings. The van der Waals surface area contributed by atoms with Gasteiger partial charge in [0, 0.05) is 34.7 Å². The van der Waals surface area contributed by atoms with E-state index in [1.54, 1.807) is 17.1 Å². The molecule has 150 valence electrons. The van der Waals surface area contributed by atoms with E-state index in [0.717, 1.165) is 28.1 Å². The van der Waals surface area contributed by atoms with Crippen LogP contribution in [0.3, 0.4) is 0 Å². The number of halogens is 1. The van der Waals surface area contributed by atoms with Gasteiger partial charge in [-0.15, -0.1) is 0 Å². The molecule has 0 fully saturated rings. The fourth-order valence-electron chi connectivity index (χ4n) is 3.30. The third kappa shape index (κ3) is 4.58. The van der Waals surface area contributed by atoms with Crippen LogP contribution in [0.1, 0.15) is 24.1 Å². The van der Waals surface area contributed by atoms with Gasteiger partial charge in [-0.3, -0.25) is 9.78 Å². The van der Waals surface area contributed by atoms with Crippen molar-refractivity contribution in [1.29, 1.82) is 0 Å². The highest BCUT2D eigenvalue weighted by atomic mass is 35.5. The van der Waals surface area contributed by atoms with Crippen molar-refractivity contribution >= 4 is 17.5 Å². The molecule has 0 saturated heterocycles. The first-order chi connectivity index (χ1) is 14.6. The van der Waals surface area contributed by atoms with Crippen molar-refractivity contribution in [3.8, 4) is 16.9 Å². The van der Waals surface area contributed by atoms with Crippen LogP contribution >= 0.6 is 11.6 Å². The number of carbonyl (C=O) groups excluding carboxylic acids is 1. The van der Waals surface area contributed by atoms with Crippen molar-refractivity contribution in [1.82, 2.24) is 20.1 Å². The Balaban J connectivity index is 1.61. The second-order valence-electron chi connectivity index (χ2n) is 7.04. The zero-order chi connectivity index (χ0) is 20.9. The summed E-state index contributed by atoms with van der Waals surface area (Å²) >= 11 is 6.05. The van der Waals surface area contributed by atoms with E-state index in [4.69, 9.17) is 16.7 Å². The molecule has 1 unspecified atom stereocenters. The van der Waals surface area contributed by atoms with Crippen LogP contribution in [0.25, 0.3) is 16.9 Å². The summed E-state index contributed by atoms with van der Waals surface area (Å²) in [5.41, 5.74) is 4.47. The molecule has 30 heavy (non-hydrogen) atoms. The highest BCUT2D eigenvalue weighted by Gasteiger charge is 2.17. The molecule has 0 aliphatic rings. The minimum absolute atomic E-state index is 0.0675. The van der Waals surface area contributed by atoms with E-state index in [9.17, 15) is 4.79 Å². The second-order valence-corrected chi connectivity index (χ2v) is 7.47. The lowest BCUT2D eigenvalue weighted by molar-refractivity contribution is -0.121. The number of hydrogen-bond acceptors (Lipinski definition) is 3. The number of para-hydroxylation sites is 1. The molecule has 1 amide bonds. The first-order valence-corrected chi connectivity index (χ1v) is 10.1. The van der Waals surface area contributed by atoms with Crippen molar-refractivity contribution in [2.75, 3.05) is 0 Å². The molecule has 2 aromatic carbocycles. The number of benzene rings is 2. The molecule has 6 heteroatoms. The van der Waals surface area contributed by atoms with E-state index in [1.165, 1.54) is 0 Å². The summed E-state index contributed by atoms with van der Waals surface area (Å²) in [6.45, 7) is 1.96. The molecule has 0 spiro atoms. The van der Waals surface area contributed by atoms with Gasteiger partial charge in [0.05, 0.1) is 23.8 Å². The molecule has 1 atom stereocenters. The molecule has 2 aromatic heterocycles. The van der Waals surface area contributed by atoms with Crippen LogP contribution in [0.15, 0.2) is 85.3 Å². The lowest BCUT2D eigenvalue weighted by Gasteiger charge is -2.14. The lowest BCUT2D eigenvalue weighted by Crippen LogP contribution is -2.28. The highest BCUT2D eigenvalue weighted by molar-refractivity contribution is 6.30. The predicted octanol–water partition coefficient (Wildman–Crippen LogP) is 5.01. The summed E-state index contributed by atoms with van der Waals surface area (Å²) in [4.78, 5) is 16.8. The third-order valence-electron chi connectivity index (χ3n) is 4.86. The van der Waals surface area contributed by atoms with Crippen LogP contribution in [-0.2, 0) is 11.2 Å². The van der Waals surface area contributed by atoms with Crippen LogP contribution in [-0.4, -0.2) is 20.7 Å². The SMILES string of the molecule is CC(NC(=O)Cc1cn(-c2ccccc2)nc1-c1ccc(Cl)cc1)c1ccncc1. The minimum Gasteiger partial charge on any atom is -0.349 e. The van der Waals surface area contributed by atoms with E-state index in [2.05, 4.69) is 10.3 Å². The number of hydrogen-bond donors (Lipinski definition) is 1. The number of aromatic nitrogens is 3. The Hall–Kier alpha value is -3.44. The normalized spacial score (nSPS) is 11.8. The van der Waals surface area contributed by atoms with Crippen molar-refractivity contribution in [2.24, 2.45) is 0 Å². The van der Waals surface area contributed by atoms with Crippen molar-refractivity contribution < 1.29 is 4.79 Å². The van der Waals surface area contributed by atoms with Gasteiger partial charge in [0.25, 0.3) is 0 Å². The van der Waals surface area contributed by atoms with Gasteiger partial charge in [-0.25, -0.2) is 4.68 Å². The molecular weight excluding hydrogens is 396 g/mol. The molecular formula is C24H21ClN4O. The van der Waals surface area contributed by atoms with Crippen LogP contribution in [0.5, 0.6) is 0 Å². The third-order valence-corrected chi connectivity index (χ3v) is 5.11. The number of pyridine rings is 1. The van der Waals surface area contributed by atoms with Gasteiger partial charge in [-0.1, -0.05) is 41.9 Å². The van der Waals surface area contributed by atoms with Gasteiger partial charge < -0.3 is 5.32 Å². The smallest absolute Gasteiger partial charge is 0.225 e. The van der Waals surface area contributed by atoms with E-state index >= 15 is 0 Å². The highest BCUT2D eigenvalue weighted by Crippen LogP contribution is 2.26. The largest absolute Gasteiger partial charge is 0.349 e. The Bertz CT molecular complexity index is 1130. The number of carbonyl (C=O) groups is 1. The minimum atomic E-state index is -0.108. The number of rotatable bonds is 6. The summed E-state index contributed by atoms with van der Waals surface area (Å²) in [6.07, 6.45) is 5.58. The Morgan fingerprint density at radius 3 is 2.43 bits per heavy atom. The molecule has 0 bridgehead atoms. The molecule has 0 saturated carbocycles. The summed E-state index contributed by atoms with van der Waals surface area (Å²) in [6, 6.07) is 21.0. The van der Waals surface area contributed by atoms with Crippen LogP contribution in [0.2, 0.25) is 5.02 Å². The van der Waals surface area contributed by atoms with Crippen molar-refractivity contribution in [2.45, 2.75) is 19.4 Å². The van der Waals surface area contributed by atoms with Crippen molar-refractivity contribution in [3.05, 3.63) is 101 Å². The monoisotopic (exact) mass is 416 g/mol. The molecule has 4 rings (SSSR count). The van der Waals surface area contributed by atoms with Crippen LogP contribution in [0, 0.1) is 0 Å². The molecule has 0 aliphatic heterocycles. The average molecular weight is 417 g/mol. The van der Waals surface area contributed by atoms with Gasteiger partial charge in [0.2, 0.25) is 5.91 Å². The molecule has 2 heterocycles. The first-order valence-electron chi connectivity index (χ1n) is 9.69. The van der Waals surface area contributed by atoms with E-state index in [0.29, 0.717) is 5.02 Å². The Kier molecular flexibility index (Phi) is 5.91. The summed E-state index contributed by atoms with van der Waals surface area (Å²) in [7, 11) is 0. The topological polar surface area (TPSA) is 59.8 Å².